The number of carbonyl (C=O) groups excluding carboxylic acids is 4. The predicted molar refractivity (Wildman–Crippen MR) is 48.2 cm³/mol. The minimum Gasteiger partial charge on any atom is -0.425 e. The standard InChI is InChI=1S/C7H10O8Si/c1-5(9)13-16(12-4-8,14-6(2)10)15-7(3)11/h4H,1-3H3. The Labute approximate surface area is 91.9 Å². The molecule has 0 aliphatic carbocycles. The van der Waals surface area contributed by atoms with Crippen molar-refractivity contribution >= 4 is 33.4 Å². The van der Waals surface area contributed by atoms with Gasteiger partial charge in [-0.2, -0.15) is 0 Å². The number of carbonyl (C=O) groups is 4. The third-order valence-corrected chi connectivity index (χ3v) is 3.00. The maximum atomic E-state index is 10.7. The highest BCUT2D eigenvalue weighted by Crippen LogP contribution is 2.12. The van der Waals surface area contributed by atoms with Crippen LogP contribution in [0.4, 0.5) is 0 Å². The topological polar surface area (TPSA) is 105 Å². The van der Waals surface area contributed by atoms with Crippen LogP contribution in [0.5, 0.6) is 0 Å². The summed E-state index contributed by atoms with van der Waals surface area (Å²) in [6.45, 7) is 2.79. The van der Waals surface area contributed by atoms with Gasteiger partial charge in [0.05, 0.1) is 0 Å². The molecule has 0 spiro atoms. The number of hydrogen-bond donors (Lipinski definition) is 0. The average Bonchev–Trinajstić information content (AvgIpc) is 1.98. The van der Waals surface area contributed by atoms with Gasteiger partial charge in [-0.15, -0.1) is 0 Å². The summed E-state index contributed by atoms with van der Waals surface area (Å²) in [4.78, 5) is 42.4. The summed E-state index contributed by atoms with van der Waals surface area (Å²) < 4.78 is 17.7. The van der Waals surface area contributed by atoms with Gasteiger partial charge in [0.1, 0.15) is 0 Å². The lowest BCUT2D eigenvalue weighted by molar-refractivity contribution is -0.157. The van der Waals surface area contributed by atoms with Crippen molar-refractivity contribution in [1.29, 1.82) is 0 Å². The van der Waals surface area contributed by atoms with Crippen molar-refractivity contribution in [2.45, 2.75) is 20.8 Å². The zero-order valence-corrected chi connectivity index (χ0v) is 9.84. The van der Waals surface area contributed by atoms with E-state index in [1.54, 1.807) is 0 Å². The molecule has 0 aromatic carbocycles. The second-order valence-corrected chi connectivity index (χ2v) is 4.34. The Morgan fingerprint density at radius 1 is 0.875 bits per heavy atom. The fourth-order valence-electron chi connectivity index (χ4n) is 0.722. The molecule has 0 saturated heterocycles. The lowest BCUT2D eigenvalue weighted by Crippen LogP contribution is -2.52. The van der Waals surface area contributed by atoms with E-state index in [0.29, 0.717) is 0 Å². The van der Waals surface area contributed by atoms with Crippen LogP contribution in [0.2, 0.25) is 0 Å². The Bertz CT molecular complexity index is 271. The first-order valence-corrected chi connectivity index (χ1v) is 5.65. The molecule has 0 heterocycles. The van der Waals surface area contributed by atoms with E-state index in [1.807, 2.05) is 0 Å². The Morgan fingerprint density at radius 3 is 1.38 bits per heavy atom. The third-order valence-electron chi connectivity index (χ3n) is 0.999. The van der Waals surface area contributed by atoms with Crippen LogP contribution in [0.1, 0.15) is 20.8 Å². The van der Waals surface area contributed by atoms with E-state index in [2.05, 4.69) is 17.7 Å². The molecule has 0 bridgehead atoms. The van der Waals surface area contributed by atoms with Crippen LogP contribution in [0, 0.1) is 0 Å². The van der Waals surface area contributed by atoms with Gasteiger partial charge in [-0.25, -0.2) is 0 Å². The largest absolute Gasteiger partial charge is 0.974 e. The van der Waals surface area contributed by atoms with Crippen LogP contribution in [0.3, 0.4) is 0 Å². The Hall–Kier alpha value is -1.90. The summed E-state index contributed by atoms with van der Waals surface area (Å²) in [6.07, 6.45) is 0. The van der Waals surface area contributed by atoms with Crippen molar-refractivity contribution in [3.63, 3.8) is 0 Å². The minimum absolute atomic E-state index is 0.138. The first-order chi connectivity index (χ1) is 7.31. The molecule has 0 aliphatic heterocycles. The molecule has 0 aromatic rings. The summed E-state index contributed by atoms with van der Waals surface area (Å²) >= 11 is 0. The van der Waals surface area contributed by atoms with Gasteiger partial charge < -0.3 is 17.7 Å². The van der Waals surface area contributed by atoms with Crippen LogP contribution in [0.25, 0.3) is 0 Å². The smallest absolute Gasteiger partial charge is 0.425 e. The van der Waals surface area contributed by atoms with Gasteiger partial charge in [0.2, 0.25) is 0 Å². The molecule has 0 fully saturated rings. The molecule has 0 aromatic heterocycles. The Morgan fingerprint density at radius 2 is 1.19 bits per heavy atom. The first-order valence-electron chi connectivity index (χ1n) is 4.01. The molecule has 0 radical (unpaired) electrons. The van der Waals surface area contributed by atoms with Crippen LogP contribution in [-0.2, 0) is 36.9 Å². The summed E-state index contributed by atoms with van der Waals surface area (Å²) in [5.41, 5.74) is 0. The molecule has 0 rings (SSSR count). The van der Waals surface area contributed by atoms with Crippen LogP contribution in [-0.4, -0.2) is 33.4 Å². The second-order valence-electron chi connectivity index (χ2n) is 2.50. The highest BCUT2D eigenvalue weighted by atomic mass is 28.4. The van der Waals surface area contributed by atoms with Gasteiger partial charge >= 0.3 is 9.05 Å². The molecule has 0 N–H and O–H groups in total. The quantitative estimate of drug-likeness (QED) is 0.465. The molecule has 0 aliphatic rings. The van der Waals surface area contributed by atoms with Gasteiger partial charge in [-0.1, -0.05) is 0 Å². The number of rotatable bonds is 5. The van der Waals surface area contributed by atoms with E-state index in [1.165, 1.54) is 0 Å². The van der Waals surface area contributed by atoms with Crippen molar-refractivity contribution in [3.8, 4) is 0 Å². The maximum absolute atomic E-state index is 10.7. The van der Waals surface area contributed by atoms with E-state index in [4.69, 9.17) is 0 Å². The van der Waals surface area contributed by atoms with Crippen LogP contribution >= 0.6 is 0 Å². The van der Waals surface area contributed by atoms with E-state index in [0.717, 1.165) is 20.8 Å². The van der Waals surface area contributed by atoms with Crippen molar-refractivity contribution in [2.24, 2.45) is 0 Å². The molecular formula is C7H10O8Si. The molecule has 8 nitrogen and oxygen atoms in total. The minimum atomic E-state index is -4.40. The predicted octanol–water partition coefficient (Wildman–Crippen LogP) is -0.716. The molecular weight excluding hydrogens is 240 g/mol. The molecule has 90 valence electrons. The second kappa shape index (κ2) is 5.85. The molecule has 0 amide bonds. The lowest BCUT2D eigenvalue weighted by atomic mass is 10.9. The van der Waals surface area contributed by atoms with Gasteiger partial charge in [0.25, 0.3) is 24.4 Å². The maximum Gasteiger partial charge on any atom is 0.974 e. The summed E-state index contributed by atoms with van der Waals surface area (Å²) in [5.74, 6) is -2.76. The first kappa shape index (κ1) is 14.1. The fourth-order valence-corrected chi connectivity index (χ4v) is 2.17. The van der Waals surface area contributed by atoms with E-state index in [-0.39, 0.29) is 6.47 Å². The zero-order valence-electron chi connectivity index (χ0n) is 8.84. The van der Waals surface area contributed by atoms with E-state index in [9.17, 15) is 19.2 Å². The molecule has 0 saturated carbocycles. The number of hydrogen-bond acceptors (Lipinski definition) is 8. The summed E-state index contributed by atoms with van der Waals surface area (Å²) in [5, 5.41) is 0. The van der Waals surface area contributed by atoms with Gasteiger partial charge in [0.15, 0.2) is 0 Å². The molecule has 0 atom stereocenters. The van der Waals surface area contributed by atoms with Crippen molar-refractivity contribution in [1.82, 2.24) is 0 Å². The van der Waals surface area contributed by atoms with Crippen molar-refractivity contribution in [2.75, 3.05) is 0 Å². The molecule has 0 unspecified atom stereocenters. The highest BCUT2D eigenvalue weighted by Gasteiger charge is 2.60. The monoisotopic (exact) mass is 250 g/mol. The van der Waals surface area contributed by atoms with Gasteiger partial charge in [0, 0.05) is 20.8 Å². The van der Waals surface area contributed by atoms with Gasteiger partial charge in [-0.3, -0.25) is 19.2 Å². The highest BCUT2D eigenvalue weighted by molar-refractivity contribution is 6.60. The summed E-state index contributed by atoms with van der Waals surface area (Å²) in [7, 11) is -4.40. The Balaban J connectivity index is 5.00. The third kappa shape index (κ3) is 5.10. The van der Waals surface area contributed by atoms with Crippen molar-refractivity contribution < 1.29 is 36.9 Å². The zero-order chi connectivity index (χ0) is 12.8. The molecule has 9 heteroatoms. The van der Waals surface area contributed by atoms with Gasteiger partial charge in [-0.05, 0) is 0 Å². The SMILES string of the molecule is CC(=O)O[Si](OC=O)(OC(C)=O)OC(C)=O. The van der Waals surface area contributed by atoms with Crippen molar-refractivity contribution in [3.05, 3.63) is 0 Å². The molecule has 16 heavy (non-hydrogen) atoms. The van der Waals surface area contributed by atoms with Crippen LogP contribution < -0.4 is 0 Å². The average molecular weight is 250 g/mol. The summed E-state index contributed by atoms with van der Waals surface area (Å²) in [6, 6.07) is 0. The Kier molecular flexibility index (Phi) is 5.16. The van der Waals surface area contributed by atoms with Crippen LogP contribution in [0.15, 0.2) is 0 Å². The normalized spacial score (nSPS) is 9.94. The fraction of sp³-hybridized carbons (Fsp3) is 0.429. The lowest BCUT2D eigenvalue weighted by Gasteiger charge is -2.21. The van der Waals surface area contributed by atoms with E-state index >= 15 is 0 Å². The van der Waals surface area contributed by atoms with E-state index < -0.39 is 27.0 Å².